The second-order valence-corrected chi connectivity index (χ2v) is 1.85. The van der Waals surface area contributed by atoms with Crippen molar-refractivity contribution < 1.29 is 22.7 Å². The average molecular weight is 183 g/mol. The number of rotatable bonds is 4. The molecule has 1 amide bonds. The molecule has 1 N–H and O–H groups in total. The lowest BCUT2D eigenvalue weighted by atomic mass is 10.6. The predicted octanol–water partition coefficient (Wildman–Crippen LogP) is 0.825. The minimum atomic E-state index is -4.36. The normalized spacial score (nSPS) is 10.9. The topological polar surface area (TPSA) is 38.3 Å². The van der Waals surface area contributed by atoms with Crippen LogP contribution in [0.15, 0.2) is 12.7 Å². The number of carbonyl (C=O) groups is 1. The smallest absolute Gasteiger partial charge is 0.352 e. The Morgan fingerprint density at radius 2 is 2.17 bits per heavy atom. The minimum absolute atomic E-state index is 0.468. The molecule has 12 heavy (non-hydrogen) atoms. The summed E-state index contributed by atoms with van der Waals surface area (Å²) in [6.07, 6.45) is -3.42. The van der Waals surface area contributed by atoms with Crippen LogP contribution >= 0.6 is 0 Å². The van der Waals surface area contributed by atoms with Crippen molar-refractivity contribution in [3.63, 3.8) is 0 Å². The van der Waals surface area contributed by atoms with E-state index in [1.807, 2.05) is 5.32 Å². The Balaban J connectivity index is 3.34. The van der Waals surface area contributed by atoms with Crippen LogP contribution in [0.2, 0.25) is 0 Å². The predicted molar refractivity (Wildman–Crippen MR) is 35.2 cm³/mol. The van der Waals surface area contributed by atoms with Gasteiger partial charge in [-0.1, -0.05) is 6.58 Å². The first kappa shape index (κ1) is 11.0. The lowest BCUT2D eigenvalue weighted by Gasteiger charge is -2.07. The van der Waals surface area contributed by atoms with Gasteiger partial charge < -0.3 is 10.1 Å². The van der Waals surface area contributed by atoms with E-state index in [2.05, 4.69) is 11.3 Å². The van der Waals surface area contributed by atoms with Crippen molar-refractivity contribution in [2.75, 3.05) is 13.3 Å². The van der Waals surface area contributed by atoms with Crippen molar-refractivity contribution in [3.05, 3.63) is 12.7 Å². The molecular weight excluding hydrogens is 175 g/mol. The van der Waals surface area contributed by atoms with Crippen molar-refractivity contribution >= 4 is 5.91 Å². The molecule has 0 spiro atoms. The lowest BCUT2D eigenvalue weighted by molar-refractivity contribution is -0.176. The van der Waals surface area contributed by atoms with E-state index >= 15 is 0 Å². The summed E-state index contributed by atoms with van der Waals surface area (Å²) in [6, 6.07) is 0. The zero-order valence-corrected chi connectivity index (χ0v) is 6.15. The highest BCUT2D eigenvalue weighted by molar-refractivity contribution is 5.86. The third-order valence-corrected chi connectivity index (χ3v) is 0.800. The maximum Gasteiger partial charge on any atom is 0.411 e. The van der Waals surface area contributed by atoms with Crippen molar-refractivity contribution in [1.82, 2.24) is 5.32 Å². The van der Waals surface area contributed by atoms with Crippen LogP contribution in [0, 0.1) is 0 Å². The van der Waals surface area contributed by atoms with Gasteiger partial charge in [0.2, 0.25) is 5.91 Å². The van der Waals surface area contributed by atoms with Gasteiger partial charge in [-0.05, 0) is 6.08 Å². The van der Waals surface area contributed by atoms with E-state index in [1.54, 1.807) is 0 Å². The molecule has 0 bridgehead atoms. The van der Waals surface area contributed by atoms with E-state index < -0.39 is 25.4 Å². The van der Waals surface area contributed by atoms with Gasteiger partial charge in [-0.15, -0.1) is 0 Å². The number of hydrogen-bond acceptors (Lipinski definition) is 2. The molecule has 3 nitrogen and oxygen atoms in total. The second kappa shape index (κ2) is 4.76. The molecule has 0 aromatic heterocycles. The first-order valence-corrected chi connectivity index (χ1v) is 3.00. The van der Waals surface area contributed by atoms with Crippen molar-refractivity contribution in [2.45, 2.75) is 6.18 Å². The molecule has 0 rings (SSSR count). The third-order valence-electron chi connectivity index (χ3n) is 0.800. The van der Waals surface area contributed by atoms with Gasteiger partial charge in [0.15, 0.2) is 0 Å². The molecule has 0 radical (unpaired) electrons. The number of ether oxygens (including phenoxy) is 1. The molecule has 0 aromatic carbocycles. The fraction of sp³-hybridized carbons (Fsp3) is 0.500. The maximum absolute atomic E-state index is 11.4. The first-order valence-electron chi connectivity index (χ1n) is 3.00. The van der Waals surface area contributed by atoms with E-state index in [-0.39, 0.29) is 0 Å². The molecule has 0 fully saturated rings. The monoisotopic (exact) mass is 183 g/mol. The number of nitrogens with one attached hydrogen (secondary N) is 1. The molecule has 0 saturated carbocycles. The molecule has 0 aliphatic heterocycles. The van der Waals surface area contributed by atoms with Gasteiger partial charge in [-0.3, -0.25) is 4.79 Å². The Kier molecular flexibility index (Phi) is 4.35. The summed E-state index contributed by atoms with van der Waals surface area (Å²) in [4.78, 5) is 10.3. The molecule has 0 atom stereocenters. The number of alkyl halides is 3. The summed E-state index contributed by atoms with van der Waals surface area (Å²) >= 11 is 0. The maximum atomic E-state index is 11.4. The number of carbonyl (C=O) groups excluding carboxylic acids is 1. The van der Waals surface area contributed by atoms with Crippen LogP contribution in [0.3, 0.4) is 0 Å². The van der Waals surface area contributed by atoms with Crippen LogP contribution in [-0.4, -0.2) is 25.4 Å². The van der Waals surface area contributed by atoms with Gasteiger partial charge in [-0.25, -0.2) is 0 Å². The highest BCUT2D eigenvalue weighted by Gasteiger charge is 2.27. The van der Waals surface area contributed by atoms with Gasteiger partial charge in [0.05, 0.1) is 0 Å². The van der Waals surface area contributed by atoms with Gasteiger partial charge in [0.1, 0.15) is 13.3 Å². The molecule has 0 aliphatic rings. The molecule has 0 heterocycles. The quantitative estimate of drug-likeness (QED) is 0.398. The molecule has 6 heteroatoms. The molecule has 0 saturated heterocycles. The molecular formula is C6H8F3NO2. The van der Waals surface area contributed by atoms with Crippen LogP contribution in [0.4, 0.5) is 13.2 Å². The largest absolute Gasteiger partial charge is 0.411 e. The van der Waals surface area contributed by atoms with Gasteiger partial charge >= 0.3 is 6.18 Å². The fourth-order valence-electron chi connectivity index (χ4n) is 0.361. The van der Waals surface area contributed by atoms with Crippen LogP contribution in [0.25, 0.3) is 0 Å². The van der Waals surface area contributed by atoms with Crippen molar-refractivity contribution in [2.24, 2.45) is 0 Å². The fourth-order valence-corrected chi connectivity index (χ4v) is 0.361. The summed E-state index contributed by atoms with van der Waals surface area (Å²) in [5.74, 6) is -0.572. The Bertz CT molecular complexity index is 167. The van der Waals surface area contributed by atoms with Crippen LogP contribution < -0.4 is 5.32 Å². The summed E-state index contributed by atoms with van der Waals surface area (Å²) in [7, 11) is 0. The summed E-state index contributed by atoms with van der Waals surface area (Å²) in [5, 5.41) is 2.03. The number of hydrogen-bond donors (Lipinski definition) is 1. The van der Waals surface area contributed by atoms with Crippen molar-refractivity contribution in [1.29, 1.82) is 0 Å². The number of halogens is 3. The highest BCUT2D eigenvalue weighted by Crippen LogP contribution is 2.13. The highest BCUT2D eigenvalue weighted by atomic mass is 19.4. The Labute approximate surface area is 67.2 Å². The van der Waals surface area contributed by atoms with E-state index in [1.165, 1.54) is 0 Å². The minimum Gasteiger partial charge on any atom is -0.352 e. The van der Waals surface area contributed by atoms with Crippen molar-refractivity contribution in [3.8, 4) is 0 Å². The standard InChI is InChI=1S/C6H8F3NO2/c1-2-5(11)10-4-12-3-6(7,8)9/h2H,1,3-4H2,(H,10,11). The Morgan fingerprint density at radius 3 is 2.58 bits per heavy atom. The summed E-state index contributed by atoms with van der Waals surface area (Å²) in [6.45, 7) is 1.26. The first-order chi connectivity index (χ1) is 5.45. The Hall–Kier alpha value is -1.04. The van der Waals surface area contributed by atoms with E-state index in [9.17, 15) is 18.0 Å². The van der Waals surface area contributed by atoms with Gasteiger partial charge in [0.25, 0.3) is 0 Å². The van der Waals surface area contributed by atoms with Gasteiger partial charge in [-0.2, -0.15) is 13.2 Å². The number of amides is 1. The molecule has 0 unspecified atom stereocenters. The second-order valence-electron chi connectivity index (χ2n) is 1.85. The molecule has 0 aromatic rings. The Morgan fingerprint density at radius 1 is 1.58 bits per heavy atom. The van der Waals surface area contributed by atoms with Crippen LogP contribution in [-0.2, 0) is 9.53 Å². The zero-order chi connectivity index (χ0) is 9.61. The lowest BCUT2D eigenvalue weighted by Crippen LogP contribution is -2.27. The van der Waals surface area contributed by atoms with E-state index in [0.717, 1.165) is 6.08 Å². The summed E-state index contributed by atoms with van der Waals surface area (Å²) in [5.41, 5.74) is 0. The zero-order valence-electron chi connectivity index (χ0n) is 6.15. The van der Waals surface area contributed by atoms with Gasteiger partial charge in [0, 0.05) is 0 Å². The van der Waals surface area contributed by atoms with E-state index in [0.29, 0.717) is 0 Å². The van der Waals surface area contributed by atoms with E-state index in [4.69, 9.17) is 0 Å². The third kappa shape index (κ3) is 7.07. The van der Waals surface area contributed by atoms with Crippen LogP contribution in [0.5, 0.6) is 0 Å². The SMILES string of the molecule is C=CC(=O)NCOCC(F)(F)F. The molecule has 0 aliphatic carbocycles. The average Bonchev–Trinajstić information content (AvgIpc) is 1.96. The summed E-state index contributed by atoms with van der Waals surface area (Å²) < 4.78 is 38.3. The molecule has 70 valence electrons. The van der Waals surface area contributed by atoms with Crippen LogP contribution in [0.1, 0.15) is 0 Å².